The van der Waals surface area contributed by atoms with Crippen molar-refractivity contribution in [1.29, 1.82) is 0 Å². The van der Waals surface area contributed by atoms with Crippen molar-refractivity contribution >= 4 is 57.2 Å². The maximum absolute atomic E-state index is 2.67. The van der Waals surface area contributed by atoms with Gasteiger partial charge in [0.05, 0.1) is 11.4 Å². The molecule has 79 heavy (non-hydrogen) atoms. The van der Waals surface area contributed by atoms with Gasteiger partial charge in [-0.15, -0.1) is 0 Å². The van der Waals surface area contributed by atoms with E-state index in [9.17, 15) is 0 Å². The molecule has 396 valence electrons. The van der Waals surface area contributed by atoms with E-state index in [2.05, 4.69) is 287 Å². The summed E-state index contributed by atoms with van der Waals surface area (Å²) in [7, 11) is 0. The largest absolute Gasteiger partial charge is 0.311 e. The molecule has 0 unspecified atom stereocenters. The highest BCUT2D eigenvalue weighted by Crippen LogP contribution is 2.51. The summed E-state index contributed by atoms with van der Waals surface area (Å²) in [6, 6.07) is 75.9. The molecule has 0 aromatic heterocycles. The molecule has 1 saturated carbocycles. The Balaban J connectivity index is 1.17. The first-order valence-corrected chi connectivity index (χ1v) is 29.4. The second-order valence-corrected chi connectivity index (χ2v) is 27.3. The van der Waals surface area contributed by atoms with Gasteiger partial charge in [0.15, 0.2) is 0 Å². The van der Waals surface area contributed by atoms with Gasteiger partial charge in [-0.05, 0) is 154 Å². The lowest BCUT2D eigenvalue weighted by atomic mass is 9.33. The molecule has 0 atom stereocenters. The third-order valence-corrected chi connectivity index (χ3v) is 17.7. The molecule has 1 aliphatic carbocycles. The molecular formula is C76H79BN2. The molecule has 2 aliphatic heterocycles. The summed E-state index contributed by atoms with van der Waals surface area (Å²) >= 11 is 0. The van der Waals surface area contributed by atoms with E-state index in [4.69, 9.17) is 0 Å². The highest BCUT2D eigenvalue weighted by atomic mass is 15.2. The molecule has 0 amide bonds. The molecule has 0 saturated heterocycles. The van der Waals surface area contributed by atoms with Gasteiger partial charge >= 0.3 is 0 Å². The van der Waals surface area contributed by atoms with Crippen LogP contribution in [-0.4, -0.2) is 6.71 Å². The fourth-order valence-electron chi connectivity index (χ4n) is 13.0. The number of hydrogen-bond donors (Lipinski definition) is 0. The smallest absolute Gasteiger partial charge is 0.252 e. The summed E-state index contributed by atoms with van der Waals surface area (Å²) in [6.45, 7) is 27.6. The first-order valence-electron chi connectivity index (χ1n) is 29.4. The van der Waals surface area contributed by atoms with Crippen LogP contribution in [0.1, 0.15) is 149 Å². The van der Waals surface area contributed by atoms with Gasteiger partial charge in [0, 0.05) is 33.9 Å². The van der Waals surface area contributed by atoms with Crippen molar-refractivity contribution in [2.24, 2.45) is 0 Å². The van der Waals surface area contributed by atoms with Crippen molar-refractivity contribution in [3.8, 4) is 44.5 Å². The van der Waals surface area contributed by atoms with E-state index in [0.717, 1.165) is 0 Å². The van der Waals surface area contributed by atoms with Gasteiger partial charge in [-0.2, -0.15) is 0 Å². The average Bonchev–Trinajstić information content (AvgIpc) is 3.47. The minimum absolute atomic E-state index is 0.0503. The highest BCUT2D eigenvalue weighted by Gasteiger charge is 2.45. The summed E-state index contributed by atoms with van der Waals surface area (Å²) < 4.78 is 0. The Morgan fingerprint density at radius 1 is 0.316 bits per heavy atom. The van der Waals surface area contributed by atoms with Crippen LogP contribution in [0, 0.1) is 0 Å². The van der Waals surface area contributed by atoms with Crippen molar-refractivity contribution in [2.75, 3.05) is 9.80 Å². The third-order valence-electron chi connectivity index (χ3n) is 17.7. The first kappa shape index (κ1) is 52.3. The molecule has 1 fully saturated rings. The lowest BCUT2D eigenvalue weighted by molar-refractivity contribution is 0.444. The van der Waals surface area contributed by atoms with Crippen molar-refractivity contribution < 1.29 is 0 Å². The minimum atomic E-state index is -0.0676. The lowest BCUT2D eigenvalue weighted by Crippen LogP contribution is -2.61. The molecular weight excluding hydrogens is 952 g/mol. The number of para-hydroxylation sites is 2. The quantitative estimate of drug-likeness (QED) is 0.147. The van der Waals surface area contributed by atoms with Crippen LogP contribution in [0.5, 0.6) is 0 Å². The molecule has 3 heteroatoms. The number of hydrogen-bond acceptors (Lipinski definition) is 2. The Labute approximate surface area is 473 Å². The highest BCUT2D eigenvalue weighted by molar-refractivity contribution is 7.00. The summed E-state index contributed by atoms with van der Waals surface area (Å²) in [6.07, 6.45) is 6.24. The average molecular weight is 1030 g/mol. The molecule has 0 N–H and O–H groups in total. The molecule has 2 nitrogen and oxygen atoms in total. The zero-order chi connectivity index (χ0) is 55.2. The van der Waals surface area contributed by atoms with E-state index in [1.54, 1.807) is 0 Å². The van der Waals surface area contributed by atoms with E-state index >= 15 is 0 Å². The number of benzene rings is 9. The van der Waals surface area contributed by atoms with Gasteiger partial charge in [-0.3, -0.25) is 0 Å². The topological polar surface area (TPSA) is 6.48 Å². The van der Waals surface area contributed by atoms with Crippen molar-refractivity contribution in [3.63, 3.8) is 0 Å². The number of nitrogens with zero attached hydrogens (tertiary/aromatic N) is 2. The van der Waals surface area contributed by atoms with Crippen LogP contribution < -0.4 is 26.2 Å². The number of anilines is 6. The van der Waals surface area contributed by atoms with Gasteiger partial charge < -0.3 is 9.80 Å². The van der Waals surface area contributed by atoms with Crippen LogP contribution in [-0.2, 0) is 21.7 Å². The summed E-state index contributed by atoms with van der Waals surface area (Å²) in [5.41, 5.74) is 28.3. The Morgan fingerprint density at radius 3 is 1.00 bits per heavy atom. The predicted molar refractivity (Wildman–Crippen MR) is 343 cm³/mol. The van der Waals surface area contributed by atoms with Gasteiger partial charge in [-0.1, -0.05) is 260 Å². The minimum Gasteiger partial charge on any atom is -0.311 e. The van der Waals surface area contributed by atoms with Crippen molar-refractivity contribution in [1.82, 2.24) is 0 Å². The number of fused-ring (bicyclic) bond motifs is 4. The van der Waals surface area contributed by atoms with E-state index in [0.29, 0.717) is 5.92 Å². The summed E-state index contributed by atoms with van der Waals surface area (Å²) in [5.74, 6) is 0.470. The number of rotatable bonds is 7. The standard InChI is InChI=1S/C76H79BN2/c1-73(2,3)58-36-26-51(27-37-58)55-34-44-68-64(46-55)77-65-47-56(52-28-38-59(39-29-52)74(4,5)6)35-45-69(65)79(67-25-19-17-23-63(67)54-32-42-61(43-33-54)76(10,11)12)71-49-57(50-20-14-13-15-21-50)48-70(72(71)77)78(68)66-24-18-16-22-62(66)53-30-40-60(41-31-53)75(7,8)9/h16-19,22-50H,13-15,20-21H2,1-12H3. The Bertz CT molecular complexity index is 3480. The van der Waals surface area contributed by atoms with Gasteiger partial charge in [0.2, 0.25) is 0 Å². The fourth-order valence-corrected chi connectivity index (χ4v) is 13.0. The van der Waals surface area contributed by atoms with Crippen molar-refractivity contribution in [2.45, 2.75) is 143 Å². The molecule has 9 aromatic rings. The molecule has 9 aromatic carbocycles. The van der Waals surface area contributed by atoms with Gasteiger partial charge in [-0.25, -0.2) is 0 Å². The van der Waals surface area contributed by atoms with E-state index in [-0.39, 0.29) is 28.4 Å². The van der Waals surface area contributed by atoms with E-state index in [1.807, 2.05) is 0 Å². The molecule has 0 spiro atoms. The first-order chi connectivity index (χ1) is 37.7. The van der Waals surface area contributed by atoms with Crippen LogP contribution in [0.3, 0.4) is 0 Å². The predicted octanol–water partition coefficient (Wildman–Crippen LogP) is 19.7. The Morgan fingerprint density at radius 2 is 0.646 bits per heavy atom. The SMILES string of the molecule is CC(C)(C)c1ccc(-c2ccc3c(c2)B2c4cc(-c5ccc(C(C)(C)C)cc5)ccc4N(c4ccccc4-c4ccc(C(C)(C)C)cc4)c4cc(C5CCCCC5)cc(c42)N3c2ccccc2-c2ccc(C(C)(C)C)cc2)cc1. The maximum atomic E-state index is 2.67. The van der Waals surface area contributed by atoms with Crippen LogP contribution in [0.4, 0.5) is 34.1 Å². The van der Waals surface area contributed by atoms with Crippen LogP contribution in [0.2, 0.25) is 0 Å². The zero-order valence-electron chi connectivity index (χ0n) is 49.1. The Hall–Kier alpha value is -7.36. The van der Waals surface area contributed by atoms with Crippen LogP contribution in [0.15, 0.2) is 194 Å². The molecule has 3 aliphatic rings. The summed E-state index contributed by atoms with van der Waals surface area (Å²) in [4.78, 5) is 5.34. The Kier molecular flexibility index (Phi) is 13.1. The zero-order valence-corrected chi connectivity index (χ0v) is 49.1. The normalized spacial score (nSPS) is 14.7. The van der Waals surface area contributed by atoms with E-state index in [1.165, 1.54) is 155 Å². The van der Waals surface area contributed by atoms with Gasteiger partial charge in [0.1, 0.15) is 0 Å². The fraction of sp³-hybridized carbons (Fsp3) is 0.289. The maximum Gasteiger partial charge on any atom is 0.252 e. The summed E-state index contributed by atoms with van der Waals surface area (Å²) in [5, 5.41) is 0. The lowest BCUT2D eigenvalue weighted by Gasteiger charge is -2.45. The molecule has 12 rings (SSSR count). The molecule has 0 radical (unpaired) electrons. The van der Waals surface area contributed by atoms with Crippen LogP contribution >= 0.6 is 0 Å². The molecule has 2 heterocycles. The second-order valence-electron chi connectivity index (χ2n) is 27.3. The third kappa shape index (κ3) is 9.76. The van der Waals surface area contributed by atoms with Gasteiger partial charge in [0.25, 0.3) is 6.71 Å². The monoisotopic (exact) mass is 1030 g/mol. The van der Waals surface area contributed by atoms with Crippen molar-refractivity contribution in [3.05, 3.63) is 222 Å². The second kappa shape index (κ2) is 19.8. The van der Waals surface area contributed by atoms with E-state index < -0.39 is 0 Å². The van der Waals surface area contributed by atoms with Crippen LogP contribution in [0.25, 0.3) is 44.5 Å². The molecule has 0 bridgehead atoms.